The number of hydrogen-bond donors (Lipinski definition) is 1. The Hall–Kier alpha value is -1.97. The topological polar surface area (TPSA) is 55.5 Å². The zero-order valence-corrected chi connectivity index (χ0v) is 8.52. The van der Waals surface area contributed by atoms with E-state index in [1.807, 2.05) is 18.2 Å². The lowest BCUT2D eigenvalue weighted by Crippen LogP contribution is -1.83. The lowest BCUT2D eigenvalue weighted by molar-refractivity contribution is 0.384. The van der Waals surface area contributed by atoms with Crippen molar-refractivity contribution < 1.29 is 14.4 Å². The van der Waals surface area contributed by atoms with E-state index in [1.54, 1.807) is 20.1 Å². The SMILES string of the molecule is COc1cccc(-c2noc(C)c2O)c1. The largest absolute Gasteiger partial charge is 0.503 e. The van der Waals surface area contributed by atoms with E-state index in [0.717, 1.165) is 5.56 Å². The monoisotopic (exact) mass is 205 g/mol. The van der Waals surface area contributed by atoms with E-state index in [2.05, 4.69) is 5.16 Å². The fourth-order valence-electron chi connectivity index (χ4n) is 1.33. The quantitative estimate of drug-likeness (QED) is 0.817. The Labute approximate surface area is 87.1 Å². The normalized spacial score (nSPS) is 10.3. The van der Waals surface area contributed by atoms with Gasteiger partial charge in [0, 0.05) is 12.5 Å². The lowest BCUT2D eigenvalue weighted by atomic mass is 10.1. The van der Waals surface area contributed by atoms with Gasteiger partial charge in [-0.25, -0.2) is 0 Å². The third-order valence-corrected chi connectivity index (χ3v) is 2.17. The molecule has 0 bridgehead atoms. The molecule has 0 aliphatic carbocycles. The van der Waals surface area contributed by atoms with Crippen molar-refractivity contribution >= 4 is 0 Å². The summed E-state index contributed by atoms with van der Waals surface area (Å²) >= 11 is 0. The van der Waals surface area contributed by atoms with Crippen molar-refractivity contribution in [1.82, 2.24) is 5.16 Å². The van der Waals surface area contributed by atoms with Crippen LogP contribution in [0.4, 0.5) is 0 Å². The number of benzene rings is 1. The number of rotatable bonds is 2. The van der Waals surface area contributed by atoms with Gasteiger partial charge in [0.15, 0.2) is 17.2 Å². The van der Waals surface area contributed by atoms with Crippen LogP contribution in [0, 0.1) is 6.92 Å². The van der Waals surface area contributed by atoms with E-state index < -0.39 is 0 Å². The van der Waals surface area contributed by atoms with Crippen molar-refractivity contribution in [3.8, 4) is 22.8 Å². The first-order valence-electron chi connectivity index (χ1n) is 4.52. The van der Waals surface area contributed by atoms with Crippen LogP contribution in [-0.2, 0) is 0 Å². The summed E-state index contributed by atoms with van der Waals surface area (Å²) in [6, 6.07) is 7.28. The Morgan fingerprint density at radius 1 is 1.40 bits per heavy atom. The zero-order valence-electron chi connectivity index (χ0n) is 8.52. The van der Waals surface area contributed by atoms with E-state index in [4.69, 9.17) is 9.26 Å². The molecule has 4 heteroatoms. The minimum absolute atomic E-state index is 0.0725. The summed E-state index contributed by atoms with van der Waals surface area (Å²) in [5.41, 5.74) is 1.20. The molecule has 2 aromatic rings. The first kappa shape index (κ1) is 9.58. The maximum Gasteiger partial charge on any atom is 0.186 e. The van der Waals surface area contributed by atoms with E-state index in [1.165, 1.54) is 0 Å². The van der Waals surface area contributed by atoms with Crippen LogP contribution in [0.2, 0.25) is 0 Å². The van der Waals surface area contributed by atoms with Crippen LogP contribution in [0.5, 0.6) is 11.5 Å². The zero-order chi connectivity index (χ0) is 10.8. The van der Waals surface area contributed by atoms with Gasteiger partial charge in [0.2, 0.25) is 0 Å². The molecule has 15 heavy (non-hydrogen) atoms. The van der Waals surface area contributed by atoms with Gasteiger partial charge in [-0.05, 0) is 12.1 Å². The number of ether oxygens (including phenoxy) is 1. The van der Waals surface area contributed by atoms with Crippen molar-refractivity contribution in [2.45, 2.75) is 6.92 Å². The van der Waals surface area contributed by atoms with Gasteiger partial charge in [-0.3, -0.25) is 0 Å². The molecule has 0 radical (unpaired) electrons. The second kappa shape index (κ2) is 3.65. The molecule has 1 aromatic carbocycles. The Bertz CT molecular complexity index is 476. The molecule has 0 fully saturated rings. The molecule has 1 aromatic heterocycles. The van der Waals surface area contributed by atoms with Crippen molar-refractivity contribution in [1.29, 1.82) is 0 Å². The molecule has 2 rings (SSSR count). The Kier molecular flexibility index (Phi) is 2.33. The van der Waals surface area contributed by atoms with E-state index >= 15 is 0 Å². The molecule has 0 spiro atoms. The van der Waals surface area contributed by atoms with E-state index in [-0.39, 0.29) is 5.75 Å². The maximum absolute atomic E-state index is 9.66. The van der Waals surface area contributed by atoms with Crippen molar-refractivity contribution in [3.63, 3.8) is 0 Å². The summed E-state index contributed by atoms with van der Waals surface area (Å²) in [5, 5.41) is 13.4. The van der Waals surface area contributed by atoms with Crippen molar-refractivity contribution in [3.05, 3.63) is 30.0 Å². The minimum Gasteiger partial charge on any atom is -0.503 e. The highest BCUT2D eigenvalue weighted by atomic mass is 16.5. The number of aromatic nitrogens is 1. The van der Waals surface area contributed by atoms with Gasteiger partial charge in [0.25, 0.3) is 0 Å². The average Bonchev–Trinajstić information content (AvgIpc) is 2.60. The number of methoxy groups -OCH3 is 1. The van der Waals surface area contributed by atoms with Gasteiger partial charge in [-0.2, -0.15) is 0 Å². The summed E-state index contributed by atoms with van der Waals surface area (Å²) in [6.45, 7) is 1.66. The summed E-state index contributed by atoms with van der Waals surface area (Å²) in [4.78, 5) is 0. The highest BCUT2D eigenvalue weighted by Crippen LogP contribution is 2.32. The summed E-state index contributed by atoms with van der Waals surface area (Å²) in [7, 11) is 1.59. The molecule has 4 nitrogen and oxygen atoms in total. The molecule has 0 saturated carbocycles. The van der Waals surface area contributed by atoms with Crippen LogP contribution in [0.25, 0.3) is 11.3 Å². The molecule has 1 N–H and O–H groups in total. The maximum atomic E-state index is 9.66. The molecule has 0 amide bonds. The van der Waals surface area contributed by atoms with Crippen LogP contribution in [-0.4, -0.2) is 17.4 Å². The van der Waals surface area contributed by atoms with Crippen molar-refractivity contribution in [2.75, 3.05) is 7.11 Å². The van der Waals surface area contributed by atoms with Gasteiger partial charge < -0.3 is 14.4 Å². The average molecular weight is 205 g/mol. The van der Waals surface area contributed by atoms with Crippen LogP contribution >= 0.6 is 0 Å². The third kappa shape index (κ3) is 1.66. The minimum atomic E-state index is 0.0725. The van der Waals surface area contributed by atoms with Crippen LogP contribution in [0.3, 0.4) is 0 Å². The van der Waals surface area contributed by atoms with Gasteiger partial charge >= 0.3 is 0 Å². The van der Waals surface area contributed by atoms with Crippen molar-refractivity contribution in [2.24, 2.45) is 0 Å². The highest BCUT2D eigenvalue weighted by molar-refractivity contribution is 5.67. The number of aryl methyl sites for hydroxylation is 1. The molecule has 78 valence electrons. The Balaban J connectivity index is 2.49. The van der Waals surface area contributed by atoms with E-state index in [9.17, 15) is 5.11 Å². The molecule has 0 atom stereocenters. The second-order valence-electron chi connectivity index (χ2n) is 3.17. The summed E-state index contributed by atoms with van der Waals surface area (Å²) in [6.07, 6.45) is 0. The molecule has 0 unspecified atom stereocenters. The fraction of sp³-hybridized carbons (Fsp3) is 0.182. The third-order valence-electron chi connectivity index (χ3n) is 2.17. The Morgan fingerprint density at radius 2 is 2.20 bits per heavy atom. The molecule has 0 aliphatic rings. The molecular formula is C11H11NO3. The van der Waals surface area contributed by atoms with Gasteiger partial charge in [0.1, 0.15) is 5.75 Å². The van der Waals surface area contributed by atoms with Gasteiger partial charge in [-0.1, -0.05) is 17.3 Å². The molecule has 0 saturated heterocycles. The molecule has 0 aliphatic heterocycles. The first-order valence-corrected chi connectivity index (χ1v) is 4.52. The predicted octanol–water partition coefficient (Wildman–Crippen LogP) is 2.36. The second-order valence-corrected chi connectivity index (χ2v) is 3.17. The molecule has 1 heterocycles. The van der Waals surface area contributed by atoms with Crippen LogP contribution < -0.4 is 4.74 Å². The summed E-state index contributed by atoms with van der Waals surface area (Å²) in [5.74, 6) is 1.20. The van der Waals surface area contributed by atoms with Gasteiger partial charge in [0.05, 0.1) is 7.11 Å². The number of hydrogen-bond acceptors (Lipinski definition) is 4. The standard InChI is InChI=1S/C11H11NO3/c1-7-11(13)10(12-15-7)8-4-3-5-9(6-8)14-2/h3-6,13H,1-2H3. The highest BCUT2D eigenvalue weighted by Gasteiger charge is 2.13. The molecular weight excluding hydrogens is 194 g/mol. The van der Waals surface area contributed by atoms with Gasteiger partial charge in [-0.15, -0.1) is 0 Å². The lowest BCUT2D eigenvalue weighted by Gasteiger charge is -2.01. The predicted molar refractivity (Wildman–Crippen MR) is 54.9 cm³/mol. The number of aromatic hydroxyl groups is 1. The van der Waals surface area contributed by atoms with Crippen LogP contribution in [0.1, 0.15) is 5.76 Å². The Morgan fingerprint density at radius 3 is 2.80 bits per heavy atom. The summed E-state index contributed by atoms with van der Waals surface area (Å²) < 4.78 is 9.97. The smallest absolute Gasteiger partial charge is 0.186 e. The first-order chi connectivity index (χ1) is 7.22. The van der Waals surface area contributed by atoms with Crippen LogP contribution in [0.15, 0.2) is 28.8 Å². The fourth-order valence-corrected chi connectivity index (χ4v) is 1.33. The number of nitrogens with zero attached hydrogens (tertiary/aromatic N) is 1. The van der Waals surface area contributed by atoms with E-state index in [0.29, 0.717) is 17.2 Å².